The maximum atomic E-state index is 12.0. The van der Waals surface area contributed by atoms with Gasteiger partial charge in [0.05, 0.1) is 6.10 Å². The number of nitrogens with zero attached hydrogens (tertiary/aromatic N) is 3. The standard InChI is InChI=1S/C26H25N3O7/c30-16-5-7-18-20(14-16)35-21-15-17(31)6-8-19(21)25(18)26-27-11-13-28(26)12-3-1-2-4-24(34)36-29-22(32)9-10-23(29)33/h5-8,11,13-16,30-31H,1-4,9-10,12H2. The first kappa shape index (κ1) is 23.6. The van der Waals surface area contributed by atoms with E-state index in [9.17, 15) is 24.6 Å². The van der Waals surface area contributed by atoms with Crippen molar-refractivity contribution in [1.82, 2.24) is 14.6 Å². The van der Waals surface area contributed by atoms with Crippen LogP contribution in [0.4, 0.5) is 0 Å². The van der Waals surface area contributed by atoms with Crippen molar-refractivity contribution in [1.29, 1.82) is 0 Å². The fourth-order valence-corrected chi connectivity index (χ4v) is 4.43. The van der Waals surface area contributed by atoms with Crippen molar-refractivity contribution < 1.29 is 34.2 Å². The van der Waals surface area contributed by atoms with Gasteiger partial charge in [-0.15, -0.1) is 5.06 Å². The van der Waals surface area contributed by atoms with Gasteiger partial charge in [0.1, 0.15) is 23.1 Å². The van der Waals surface area contributed by atoms with Gasteiger partial charge in [-0.05, 0) is 31.1 Å². The second kappa shape index (κ2) is 9.82. The van der Waals surface area contributed by atoms with Gasteiger partial charge in [-0.2, -0.15) is 0 Å². The molecule has 1 aliphatic carbocycles. The molecule has 1 aromatic carbocycles. The molecule has 0 radical (unpaired) electrons. The minimum Gasteiger partial charge on any atom is -0.508 e. The summed E-state index contributed by atoms with van der Waals surface area (Å²) in [5.41, 5.74) is 2.40. The smallest absolute Gasteiger partial charge is 0.333 e. The highest BCUT2D eigenvalue weighted by Crippen LogP contribution is 2.43. The zero-order valence-electron chi connectivity index (χ0n) is 19.4. The number of carbonyl (C=O) groups excluding carboxylic acids is 3. The highest BCUT2D eigenvalue weighted by Gasteiger charge is 2.33. The van der Waals surface area contributed by atoms with E-state index in [1.165, 1.54) is 6.07 Å². The summed E-state index contributed by atoms with van der Waals surface area (Å²) < 4.78 is 7.97. The number of phenols is 1. The van der Waals surface area contributed by atoms with Gasteiger partial charge in [0.25, 0.3) is 11.8 Å². The fraction of sp³-hybridized carbons (Fsp3) is 0.308. The SMILES string of the molecule is O=C(CCCCCn1ccnc1C1=C2C=CC(O)C=C2Oc2cc(O)ccc21)ON1C(=O)CCC1=O. The number of aliphatic hydroxyl groups is 1. The lowest BCUT2D eigenvalue weighted by atomic mass is 9.91. The highest BCUT2D eigenvalue weighted by molar-refractivity contribution is 6.01. The maximum absolute atomic E-state index is 12.0. The first-order valence-electron chi connectivity index (χ1n) is 11.8. The minimum absolute atomic E-state index is 0.0723. The minimum atomic E-state index is -0.767. The third-order valence-electron chi connectivity index (χ3n) is 6.19. The van der Waals surface area contributed by atoms with Crippen LogP contribution in [0.3, 0.4) is 0 Å². The van der Waals surface area contributed by atoms with E-state index < -0.39 is 23.9 Å². The highest BCUT2D eigenvalue weighted by atomic mass is 16.7. The molecule has 5 rings (SSSR count). The Morgan fingerprint density at radius 2 is 1.97 bits per heavy atom. The molecule has 0 bridgehead atoms. The van der Waals surface area contributed by atoms with Gasteiger partial charge in [-0.1, -0.05) is 18.6 Å². The molecule has 3 heterocycles. The Hall–Kier alpha value is -4.18. The van der Waals surface area contributed by atoms with Crippen molar-refractivity contribution >= 4 is 23.4 Å². The molecule has 0 spiro atoms. The quantitative estimate of drug-likeness (QED) is 0.426. The molecular formula is C26H25N3O7. The van der Waals surface area contributed by atoms with Crippen LogP contribution in [0.15, 0.2) is 60.2 Å². The molecule has 3 aliphatic rings. The number of aromatic nitrogens is 2. The van der Waals surface area contributed by atoms with Crippen molar-refractivity contribution in [2.75, 3.05) is 0 Å². The predicted octanol–water partition coefficient (Wildman–Crippen LogP) is 2.77. The molecule has 2 N–H and O–H groups in total. The summed E-state index contributed by atoms with van der Waals surface area (Å²) in [7, 11) is 0. The number of rotatable bonds is 8. The Labute approximate surface area is 206 Å². The van der Waals surface area contributed by atoms with Crippen LogP contribution in [-0.4, -0.2) is 48.7 Å². The summed E-state index contributed by atoms with van der Waals surface area (Å²) in [5, 5.41) is 20.5. The number of aromatic hydroxyl groups is 1. The average molecular weight is 492 g/mol. The number of amides is 2. The topological polar surface area (TPSA) is 131 Å². The second-order valence-electron chi connectivity index (χ2n) is 8.75. The van der Waals surface area contributed by atoms with Crippen LogP contribution in [0.2, 0.25) is 0 Å². The molecule has 2 aromatic rings. The summed E-state index contributed by atoms with van der Waals surface area (Å²) in [6.45, 7) is 0.643. The first-order valence-corrected chi connectivity index (χ1v) is 11.8. The number of fused-ring (bicyclic) bond motifs is 2. The third kappa shape index (κ3) is 4.67. The molecule has 1 atom stereocenters. The Morgan fingerprint density at radius 1 is 1.17 bits per heavy atom. The number of hydrogen-bond acceptors (Lipinski definition) is 8. The summed E-state index contributed by atoms with van der Waals surface area (Å²) in [6, 6.07) is 4.91. The summed E-state index contributed by atoms with van der Waals surface area (Å²) in [5.74, 6) is 0.207. The number of hydroxylamine groups is 2. The predicted molar refractivity (Wildman–Crippen MR) is 126 cm³/mol. The number of imidazole rings is 1. The Morgan fingerprint density at radius 3 is 2.78 bits per heavy atom. The Bertz CT molecular complexity index is 1300. The largest absolute Gasteiger partial charge is 0.508 e. The fourth-order valence-electron chi connectivity index (χ4n) is 4.43. The maximum Gasteiger partial charge on any atom is 0.333 e. The van der Waals surface area contributed by atoms with Crippen molar-refractivity contribution in [3.63, 3.8) is 0 Å². The first-order chi connectivity index (χ1) is 17.4. The van der Waals surface area contributed by atoms with Crippen molar-refractivity contribution in [3.05, 3.63) is 71.5 Å². The van der Waals surface area contributed by atoms with Gasteiger partial charge in [-0.3, -0.25) is 9.59 Å². The number of benzene rings is 1. The van der Waals surface area contributed by atoms with Crippen LogP contribution in [0.5, 0.6) is 11.5 Å². The number of allylic oxidation sites excluding steroid dienone is 1. The van der Waals surface area contributed by atoms with Crippen molar-refractivity contribution in [2.24, 2.45) is 0 Å². The lowest BCUT2D eigenvalue weighted by molar-refractivity contribution is -0.197. The molecule has 0 saturated carbocycles. The van der Waals surface area contributed by atoms with E-state index in [4.69, 9.17) is 9.57 Å². The van der Waals surface area contributed by atoms with Gasteiger partial charge in [0.15, 0.2) is 0 Å². The van der Waals surface area contributed by atoms with Gasteiger partial charge in [0.2, 0.25) is 0 Å². The van der Waals surface area contributed by atoms with E-state index >= 15 is 0 Å². The Kier molecular flexibility index (Phi) is 6.43. The Balaban J connectivity index is 1.25. The van der Waals surface area contributed by atoms with Crippen LogP contribution in [-0.2, 0) is 25.8 Å². The van der Waals surface area contributed by atoms with Gasteiger partial charge >= 0.3 is 5.97 Å². The van der Waals surface area contributed by atoms with Crippen LogP contribution in [0.1, 0.15) is 49.9 Å². The summed E-state index contributed by atoms with van der Waals surface area (Å²) in [6.07, 6.45) is 10.2. The third-order valence-corrected chi connectivity index (χ3v) is 6.19. The number of carbonyl (C=O) groups is 3. The number of ether oxygens (including phenoxy) is 1. The number of aryl methyl sites for hydroxylation is 1. The molecule has 1 fully saturated rings. The second-order valence-corrected chi connectivity index (χ2v) is 8.75. The number of imide groups is 1. The van der Waals surface area contributed by atoms with E-state index in [0.29, 0.717) is 29.5 Å². The van der Waals surface area contributed by atoms with Gasteiger partial charge in [0, 0.05) is 61.0 Å². The van der Waals surface area contributed by atoms with E-state index in [0.717, 1.165) is 35.4 Å². The lowest BCUT2D eigenvalue weighted by Crippen LogP contribution is -2.31. The van der Waals surface area contributed by atoms with E-state index in [1.54, 1.807) is 30.5 Å². The van der Waals surface area contributed by atoms with E-state index in [1.807, 2.05) is 16.8 Å². The number of aliphatic hydroxyl groups excluding tert-OH is 1. The molecule has 2 amide bonds. The summed E-state index contributed by atoms with van der Waals surface area (Å²) >= 11 is 0. The molecule has 10 heteroatoms. The van der Waals surface area contributed by atoms with Crippen LogP contribution in [0.25, 0.3) is 5.57 Å². The van der Waals surface area contributed by atoms with E-state index in [2.05, 4.69) is 4.98 Å². The number of hydrogen-bond donors (Lipinski definition) is 2. The molecule has 10 nitrogen and oxygen atoms in total. The van der Waals surface area contributed by atoms with Crippen LogP contribution >= 0.6 is 0 Å². The molecule has 2 aliphatic heterocycles. The van der Waals surface area contributed by atoms with Crippen molar-refractivity contribution in [2.45, 2.75) is 51.2 Å². The zero-order chi connectivity index (χ0) is 25.2. The average Bonchev–Trinajstić information content (AvgIpc) is 3.43. The number of phenolic OH excluding ortho intramolecular Hbond substituents is 1. The number of unbranched alkanes of at least 4 members (excludes halogenated alkanes) is 2. The van der Waals surface area contributed by atoms with Crippen molar-refractivity contribution in [3.8, 4) is 11.5 Å². The van der Waals surface area contributed by atoms with Crippen LogP contribution in [0, 0.1) is 0 Å². The van der Waals surface area contributed by atoms with Crippen LogP contribution < -0.4 is 4.74 Å². The zero-order valence-corrected chi connectivity index (χ0v) is 19.4. The normalized spacial score (nSPS) is 18.6. The summed E-state index contributed by atoms with van der Waals surface area (Å²) in [4.78, 5) is 44.6. The molecule has 1 unspecified atom stereocenters. The molecule has 1 saturated heterocycles. The van der Waals surface area contributed by atoms with Gasteiger partial charge < -0.3 is 24.4 Å². The molecule has 186 valence electrons. The van der Waals surface area contributed by atoms with E-state index in [-0.39, 0.29) is 25.0 Å². The molecule has 36 heavy (non-hydrogen) atoms. The lowest BCUT2D eigenvalue weighted by Gasteiger charge is -2.27. The molecule has 1 aromatic heterocycles. The van der Waals surface area contributed by atoms with Gasteiger partial charge in [-0.25, -0.2) is 9.78 Å². The monoisotopic (exact) mass is 491 g/mol. The molecular weight excluding hydrogens is 466 g/mol.